The Bertz CT molecular complexity index is 185. The molecule has 0 saturated carbocycles. The summed E-state index contributed by atoms with van der Waals surface area (Å²) in [6.07, 6.45) is 11.2. The van der Waals surface area contributed by atoms with Gasteiger partial charge in [0.1, 0.15) is 5.76 Å². The molecule has 0 unspecified atom stereocenters. The first-order valence-electron chi connectivity index (χ1n) is 4.51. The fourth-order valence-electron chi connectivity index (χ4n) is 0.585. The molecule has 0 spiro atoms. The average Bonchev–Trinajstić information content (AvgIpc) is 2.20. The van der Waals surface area contributed by atoms with Crippen LogP contribution in [0.4, 0.5) is 0 Å². The van der Waals surface area contributed by atoms with E-state index in [1.807, 2.05) is 51.2 Å². The van der Waals surface area contributed by atoms with Crippen LogP contribution in [0.5, 0.6) is 0 Å². The minimum absolute atomic E-state index is 0.839. The molecule has 0 heterocycles. The van der Waals surface area contributed by atoms with Crippen molar-refractivity contribution in [1.82, 2.24) is 0 Å². The zero-order valence-electron chi connectivity index (χ0n) is 9.08. The maximum absolute atomic E-state index is 5.03. The Balaban J connectivity index is 0. The van der Waals surface area contributed by atoms with Crippen LogP contribution in [-0.2, 0) is 4.74 Å². The molecule has 0 aromatic carbocycles. The van der Waals surface area contributed by atoms with Crippen LogP contribution in [-0.4, -0.2) is 7.11 Å². The van der Waals surface area contributed by atoms with Crippen LogP contribution in [0.1, 0.15) is 20.8 Å². The Morgan fingerprint density at radius 2 is 1.85 bits per heavy atom. The van der Waals surface area contributed by atoms with E-state index in [9.17, 15) is 0 Å². The topological polar surface area (TPSA) is 9.23 Å². The molecule has 0 aliphatic carbocycles. The van der Waals surface area contributed by atoms with Gasteiger partial charge in [0.05, 0.1) is 7.11 Å². The minimum Gasteiger partial charge on any atom is -0.497 e. The fourth-order valence-corrected chi connectivity index (χ4v) is 0.585. The number of hydrogen-bond acceptors (Lipinski definition) is 1. The Hall–Kier alpha value is -1.24. The second-order valence-corrected chi connectivity index (χ2v) is 1.89. The average molecular weight is 180 g/mol. The Morgan fingerprint density at radius 1 is 1.23 bits per heavy atom. The van der Waals surface area contributed by atoms with Crippen molar-refractivity contribution in [2.45, 2.75) is 20.8 Å². The van der Waals surface area contributed by atoms with Crippen LogP contribution in [0.3, 0.4) is 0 Å². The second kappa shape index (κ2) is 13.4. The third-order valence-electron chi connectivity index (χ3n) is 1.07. The van der Waals surface area contributed by atoms with Gasteiger partial charge >= 0.3 is 0 Å². The maximum atomic E-state index is 5.03. The van der Waals surface area contributed by atoms with E-state index in [1.54, 1.807) is 13.2 Å². The summed E-state index contributed by atoms with van der Waals surface area (Å²) in [5.41, 5.74) is 0. The third-order valence-corrected chi connectivity index (χ3v) is 1.07. The summed E-state index contributed by atoms with van der Waals surface area (Å²) in [6.45, 7) is 9.50. The molecule has 0 aromatic heterocycles. The SMILES string of the molecule is C=C\C=C/C=C(\C=C/C)OC.CC. The van der Waals surface area contributed by atoms with E-state index in [0.29, 0.717) is 0 Å². The lowest BCUT2D eigenvalue weighted by Crippen LogP contribution is -1.78. The van der Waals surface area contributed by atoms with Crippen molar-refractivity contribution in [3.05, 3.63) is 48.8 Å². The van der Waals surface area contributed by atoms with E-state index in [0.717, 1.165) is 5.76 Å². The summed E-state index contributed by atoms with van der Waals surface area (Å²) >= 11 is 0. The van der Waals surface area contributed by atoms with Gasteiger partial charge in [-0.1, -0.05) is 44.7 Å². The van der Waals surface area contributed by atoms with E-state index in [-0.39, 0.29) is 0 Å². The molecule has 0 N–H and O–H groups in total. The highest BCUT2D eigenvalue weighted by Gasteiger charge is 1.82. The molecular formula is C12H20O. The first-order valence-corrected chi connectivity index (χ1v) is 4.51. The van der Waals surface area contributed by atoms with E-state index < -0.39 is 0 Å². The van der Waals surface area contributed by atoms with Gasteiger partial charge in [-0.15, -0.1) is 0 Å². The minimum atomic E-state index is 0.839. The molecule has 1 nitrogen and oxygen atoms in total. The van der Waals surface area contributed by atoms with Gasteiger partial charge in [0.25, 0.3) is 0 Å². The highest BCUT2D eigenvalue weighted by molar-refractivity contribution is 5.19. The van der Waals surface area contributed by atoms with Gasteiger partial charge in [-0.2, -0.15) is 0 Å². The van der Waals surface area contributed by atoms with Crippen molar-refractivity contribution < 1.29 is 4.74 Å². The second-order valence-electron chi connectivity index (χ2n) is 1.89. The van der Waals surface area contributed by atoms with Crippen molar-refractivity contribution in [2.24, 2.45) is 0 Å². The molecular weight excluding hydrogens is 160 g/mol. The lowest BCUT2D eigenvalue weighted by molar-refractivity contribution is 0.307. The van der Waals surface area contributed by atoms with Gasteiger partial charge in [-0.05, 0) is 19.1 Å². The normalized spacial score (nSPS) is 11.2. The summed E-state index contributed by atoms with van der Waals surface area (Å²) in [5, 5.41) is 0. The van der Waals surface area contributed by atoms with E-state index in [1.165, 1.54) is 0 Å². The molecule has 0 bridgehead atoms. The number of rotatable bonds is 4. The molecule has 0 fully saturated rings. The van der Waals surface area contributed by atoms with Crippen LogP contribution in [0.2, 0.25) is 0 Å². The summed E-state index contributed by atoms with van der Waals surface area (Å²) in [6, 6.07) is 0. The monoisotopic (exact) mass is 180 g/mol. The Morgan fingerprint density at radius 3 is 2.23 bits per heavy atom. The Kier molecular flexibility index (Phi) is 14.7. The molecule has 0 amide bonds. The number of ether oxygens (including phenoxy) is 1. The molecule has 0 saturated heterocycles. The van der Waals surface area contributed by atoms with Gasteiger partial charge in [0.2, 0.25) is 0 Å². The molecule has 0 aliphatic heterocycles. The Labute approximate surface area is 82.1 Å². The van der Waals surface area contributed by atoms with Crippen LogP contribution in [0.15, 0.2) is 48.8 Å². The molecule has 13 heavy (non-hydrogen) atoms. The number of methoxy groups -OCH3 is 1. The quantitative estimate of drug-likeness (QED) is 0.471. The van der Waals surface area contributed by atoms with E-state index in [2.05, 4.69) is 6.58 Å². The lowest BCUT2D eigenvalue weighted by atomic mass is 10.3. The van der Waals surface area contributed by atoms with E-state index >= 15 is 0 Å². The van der Waals surface area contributed by atoms with Crippen LogP contribution < -0.4 is 0 Å². The van der Waals surface area contributed by atoms with Crippen molar-refractivity contribution >= 4 is 0 Å². The summed E-state index contributed by atoms with van der Waals surface area (Å²) < 4.78 is 5.03. The molecule has 0 rings (SSSR count). The maximum Gasteiger partial charge on any atom is 0.118 e. The fraction of sp³-hybridized carbons (Fsp3) is 0.333. The van der Waals surface area contributed by atoms with Gasteiger partial charge in [-0.25, -0.2) is 0 Å². The molecule has 1 heteroatoms. The van der Waals surface area contributed by atoms with E-state index in [4.69, 9.17) is 4.74 Å². The molecule has 0 radical (unpaired) electrons. The molecule has 0 aromatic rings. The zero-order chi connectivity index (χ0) is 10.5. The van der Waals surface area contributed by atoms with Gasteiger partial charge in [0, 0.05) is 0 Å². The smallest absolute Gasteiger partial charge is 0.118 e. The van der Waals surface area contributed by atoms with Crippen molar-refractivity contribution in [2.75, 3.05) is 7.11 Å². The largest absolute Gasteiger partial charge is 0.497 e. The number of hydrogen-bond donors (Lipinski definition) is 0. The molecule has 74 valence electrons. The predicted molar refractivity (Wildman–Crippen MR) is 60.6 cm³/mol. The first kappa shape index (κ1) is 14.3. The predicted octanol–water partition coefficient (Wildman–Crippen LogP) is 3.86. The van der Waals surface area contributed by atoms with Crippen molar-refractivity contribution in [3.63, 3.8) is 0 Å². The van der Waals surface area contributed by atoms with Crippen LogP contribution in [0.25, 0.3) is 0 Å². The van der Waals surface area contributed by atoms with Crippen LogP contribution in [0, 0.1) is 0 Å². The highest BCUT2D eigenvalue weighted by Crippen LogP contribution is 1.97. The van der Waals surface area contributed by atoms with Gasteiger partial charge in [-0.3, -0.25) is 0 Å². The highest BCUT2D eigenvalue weighted by atomic mass is 16.5. The summed E-state index contributed by atoms with van der Waals surface area (Å²) in [4.78, 5) is 0. The van der Waals surface area contributed by atoms with Gasteiger partial charge in [0.15, 0.2) is 0 Å². The van der Waals surface area contributed by atoms with Crippen LogP contribution >= 0.6 is 0 Å². The van der Waals surface area contributed by atoms with Crippen molar-refractivity contribution in [3.8, 4) is 0 Å². The zero-order valence-corrected chi connectivity index (χ0v) is 9.08. The first-order chi connectivity index (χ1) is 6.35. The standard InChI is InChI=1S/C10H14O.C2H6/c1-4-6-7-9-10(11-3)8-5-2;1-2/h4-9H,1H2,2-3H3;1-2H3/b7-6-,8-5-,10-9+;. The molecule has 0 atom stereocenters. The summed E-state index contributed by atoms with van der Waals surface area (Å²) in [7, 11) is 1.65. The third kappa shape index (κ3) is 10.8. The van der Waals surface area contributed by atoms with Gasteiger partial charge < -0.3 is 4.74 Å². The number of allylic oxidation sites excluding steroid dienone is 6. The lowest BCUT2D eigenvalue weighted by Gasteiger charge is -1.95. The molecule has 0 aliphatic rings. The van der Waals surface area contributed by atoms with Crippen molar-refractivity contribution in [1.29, 1.82) is 0 Å². The summed E-state index contributed by atoms with van der Waals surface area (Å²) in [5.74, 6) is 0.839.